The molecule has 0 radical (unpaired) electrons. The summed E-state index contributed by atoms with van der Waals surface area (Å²) in [6.45, 7) is 0. The third-order valence-electron chi connectivity index (χ3n) is 2.27. The van der Waals surface area contributed by atoms with Crippen LogP contribution in [-0.2, 0) is 0 Å². The van der Waals surface area contributed by atoms with Crippen LogP contribution in [0.15, 0.2) is 12.1 Å². The largest absolute Gasteiger partial charge is 0.507 e. The van der Waals surface area contributed by atoms with Gasteiger partial charge in [-0.05, 0) is 0 Å². The number of fused-ring (bicyclic) bond motifs is 1. The zero-order valence-electron chi connectivity index (χ0n) is 7.84. The molecule has 84 valence electrons. The lowest BCUT2D eigenvalue weighted by molar-refractivity contribution is 0.389. The lowest BCUT2D eigenvalue weighted by atomic mass is 10.1. The predicted octanol–water partition coefficient (Wildman–Crippen LogP) is 1.07. The molecule has 0 spiro atoms. The maximum absolute atomic E-state index is 9.46. The second-order valence-electron chi connectivity index (χ2n) is 3.28. The van der Waals surface area contributed by atoms with E-state index in [9.17, 15) is 30.6 Å². The summed E-state index contributed by atoms with van der Waals surface area (Å²) in [4.78, 5) is 0. The fourth-order valence-corrected chi connectivity index (χ4v) is 1.53. The van der Waals surface area contributed by atoms with E-state index in [-0.39, 0.29) is 10.8 Å². The van der Waals surface area contributed by atoms with Gasteiger partial charge in [-0.2, -0.15) is 0 Å². The van der Waals surface area contributed by atoms with Crippen molar-refractivity contribution in [1.82, 2.24) is 0 Å². The number of benzene rings is 2. The first kappa shape index (κ1) is 10.0. The fourth-order valence-electron chi connectivity index (χ4n) is 1.53. The van der Waals surface area contributed by atoms with Crippen molar-refractivity contribution in [3.05, 3.63) is 12.1 Å². The molecule has 0 aromatic heterocycles. The van der Waals surface area contributed by atoms with E-state index in [2.05, 4.69) is 0 Å². The van der Waals surface area contributed by atoms with Crippen molar-refractivity contribution in [2.75, 3.05) is 0 Å². The van der Waals surface area contributed by atoms with Crippen LogP contribution in [0.25, 0.3) is 10.8 Å². The molecule has 2 rings (SSSR count). The zero-order chi connectivity index (χ0) is 12.0. The third-order valence-corrected chi connectivity index (χ3v) is 2.27. The standard InChI is InChI=1S/C10H8O6/c11-3-1-5(13)9(15)8-4(12)2-6(14)10(16)7(3)8/h1-2,11-16H. The number of hydrogen-bond acceptors (Lipinski definition) is 6. The van der Waals surface area contributed by atoms with E-state index in [0.29, 0.717) is 0 Å². The second-order valence-corrected chi connectivity index (χ2v) is 3.28. The minimum atomic E-state index is -0.694. The smallest absolute Gasteiger partial charge is 0.169 e. The van der Waals surface area contributed by atoms with Gasteiger partial charge < -0.3 is 30.6 Å². The zero-order valence-corrected chi connectivity index (χ0v) is 7.84. The van der Waals surface area contributed by atoms with Crippen LogP contribution in [0.5, 0.6) is 34.5 Å². The van der Waals surface area contributed by atoms with Gasteiger partial charge in [0.05, 0.1) is 10.8 Å². The Balaban J connectivity index is 3.11. The molecule has 0 fully saturated rings. The molecule has 0 heterocycles. The Bertz CT molecular complexity index is 537. The normalized spacial score (nSPS) is 10.8. The van der Waals surface area contributed by atoms with E-state index in [1.807, 2.05) is 0 Å². The molecule has 0 aliphatic heterocycles. The Labute approximate surface area is 88.9 Å². The summed E-state index contributed by atoms with van der Waals surface area (Å²) in [6, 6.07) is 1.58. The molecular weight excluding hydrogens is 216 g/mol. The number of rotatable bonds is 0. The van der Waals surface area contributed by atoms with Gasteiger partial charge in [0.15, 0.2) is 23.0 Å². The molecule has 0 aliphatic carbocycles. The van der Waals surface area contributed by atoms with E-state index < -0.39 is 34.5 Å². The van der Waals surface area contributed by atoms with E-state index in [1.165, 1.54) is 0 Å². The lowest BCUT2D eigenvalue weighted by Crippen LogP contribution is -1.81. The number of phenolic OH excluding ortho intramolecular Hbond substituents is 6. The quantitative estimate of drug-likeness (QED) is 0.294. The third kappa shape index (κ3) is 1.13. The number of aromatic hydroxyl groups is 6. The molecule has 0 atom stereocenters. The Morgan fingerprint density at radius 2 is 0.812 bits per heavy atom. The molecule has 0 amide bonds. The highest BCUT2D eigenvalue weighted by Crippen LogP contribution is 2.50. The highest BCUT2D eigenvalue weighted by atomic mass is 16.3. The first-order chi connectivity index (χ1) is 7.43. The minimum absolute atomic E-state index is 0.340. The molecule has 2 aromatic carbocycles. The van der Waals surface area contributed by atoms with E-state index >= 15 is 0 Å². The van der Waals surface area contributed by atoms with Gasteiger partial charge in [0, 0.05) is 12.1 Å². The molecule has 0 saturated heterocycles. The summed E-state index contributed by atoms with van der Waals surface area (Å²) in [7, 11) is 0. The Hall–Kier alpha value is -2.50. The van der Waals surface area contributed by atoms with Crippen LogP contribution in [0.4, 0.5) is 0 Å². The summed E-state index contributed by atoms with van der Waals surface area (Å²) < 4.78 is 0. The van der Waals surface area contributed by atoms with Gasteiger partial charge in [-0.15, -0.1) is 0 Å². The number of phenols is 6. The Morgan fingerprint density at radius 3 is 1.12 bits per heavy atom. The van der Waals surface area contributed by atoms with Crippen LogP contribution in [0.1, 0.15) is 0 Å². The molecule has 6 N–H and O–H groups in total. The molecule has 2 aromatic rings. The topological polar surface area (TPSA) is 121 Å². The number of hydrogen-bond donors (Lipinski definition) is 6. The van der Waals surface area contributed by atoms with Crippen LogP contribution in [0.2, 0.25) is 0 Å². The first-order valence-electron chi connectivity index (χ1n) is 4.25. The van der Waals surface area contributed by atoms with E-state index in [0.717, 1.165) is 12.1 Å². The van der Waals surface area contributed by atoms with Crippen LogP contribution in [-0.4, -0.2) is 30.6 Å². The van der Waals surface area contributed by atoms with Gasteiger partial charge >= 0.3 is 0 Å². The summed E-state index contributed by atoms with van der Waals surface area (Å²) >= 11 is 0. The molecule has 6 heteroatoms. The molecule has 16 heavy (non-hydrogen) atoms. The SMILES string of the molecule is Oc1cc(O)c2c(O)c(O)cc(O)c2c1O. The van der Waals surface area contributed by atoms with Crippen molar-refractivity contribution < 1.29 is 30.6 Å². The molecule has 0 saturated carbocycles. The highest BCUT2D eigenvalue weighted by molar-refractivity contribution is 6.04. The average molecular weight is 224 g/mol. The first-order valence-corrected chi connectivity index (χ1v) is 4.25. The van der Waals surface area contributed by atoms with Crippen LogP contribution in [0, 0.1) is 0 Å². The van der Waals surface area contributed by atoms with Gasteiger partial charge in [-0.3, -0.25) is 0 Å². The Morgan fingerprint density at radius 1 is 0.500 bits per heavy atom. The van der Waals surface area contributed by atoms with E-state index in [4.69, 9.17) is 0 Å². The lowest BCUT2D eigenvalue weighted by Gasteiger charge is -2.10. The summed E-state index contributed by atoms with van der Waals surface area (Å²) in [5.74, 6) is -3.83. The maximum atomic E-state index is 9.46. The van der Waals surface area contributed by atoms with Crippen molar-refractivity contribution in [2.45, 2.75) is 0 Å². The van der Waals surface area contributed by atoms with Crippen LogP contribution in [0.3, 0.4) is 0 Å². The van der Waals surface area contributed by atoms with Crippen molar-refractivity contribution in [1.29, 1.82) is 0 Å². The van der Waals surface area contributed by atoms with Gasteiger partial charge in [0.1, 0.15) is 11.5 Å². The van der Waals surface area contributed by atoms with Crippen molar-refractivity contribution in [2.24, 2.45) is 0 Å². The van der Waals surface area contributed by atoms with Crippen LogP contribution < -0.4 is 0 Å². The molecule has 0 bridgehead atoms. The highest BCUT2D eigenvalue weighted by Gasteiger charge is 2.19. The summed E-state index contributed by atoms with van der Waals surface area (Å²) in [6.07, 6.45) is 0. The van der Waals surface area contributed by atoms with Crippen molar-refractivity contribution in [3.63, 3.8) is 0 Å². The van der Waals surface area contributed by atoms with E-state index in [1.54, 1.807) is 0 Å². The predicted molar refractivity (Wildman–Crippen MR) is 53.9 cm³/mol. The molecule has 0 aliphatic rings. The maximum Gasteiger partial charge on any atom is 0.169 e. The van der Waals surface area contributed by atoms with Gasteiger partial charge in [0.25, 0.3) is 0 Å². The van der Waals surface area contributed by atoms with Gasteiger partial charge in [-0.1, -0.05) is 0 Å². The molecule has 0 unspecified atom stereocenters. The van der Waals surface area contributed by atoms with Crippen LogP contribution >= 0.6 is 0 Å². The van der Waals surface area contributed by atoms with Gasteiger partial charge in [0.2, 0.25) is 0 Å². The van der Waals surface area contributed by atoms with Crippen molar-refractivity contribution in [3.8, 4) is 34.5 Å². The fraction of sp³-hybridized carbons (Fsp3) is 0. The Kier molecular flexibility index (Phi) is 1.88. The van der Waals surface area contributed by atoms with Gasteiger partial charge in [-0.25, -0.2) is 0 Å². The molecule has 6 nitrogen and oxygen atoms in total. The average Bonchev–Trinajstić information content (AvgIpc) is 2.20. The van der Waals surface area contributed by atoms with Crippen molar-refractivity contribution >= 4 is 10.8 Å². The summed E-state index contributed by atoms with van der Waals surface area (Å²) in [5.41, 5.74) is 0. The minimum Gasteiger partial charge on any atom is -0.507 e. The monoisotopic (exact) mass is 224 g/mol. The molecular formula is C10H8O6. The second kappa shape index (κ2) is 2.99. The summed E-state index contributed by atoms with van der Waals surface area (Å²) in [5, 5.41) is 55.6.